The Morgan fingerprint density at radius 1 is 1.56 bits per heavy atom. The van der Waals surface area contributed by atoms with Gasteiger partial charge in [-0.25, -0.2) is 0 Å². The van der Waals surface area contributed by atoms with Crippen LogP contribution in [0.1, 0.15) is 6.92 Å². The van der Waals surface area contributed by atoms with E-state index in [9.17, 15) is 14.9 Å². The van der Waals surface area contributed by atoms with Gasteiger partial charge in [-0.15, -0.1) is 0 Å². The summed E-state index contributed by atoms with van der Waals surface area (Å²) < 4.78 is 0. The van der Waals surface area contributed by atoms with Crippen LogP contribution in [0.25, 0.3) is 0 Å². The molecule has 0 fully saturated rings. The van der Waals surface area contributed by atoms with Gasteiger partial charge in [0.05, 0.1) is 10.8 Å². The van der Waals surface area contributed by atoms with Gasteiger partial charge in [-0.05, 0) is 6.07 Å². The Kier molecular flexibility index (Phi) is 3.82. The standard InChI is InChI=1S/C10H12N2O4/c1-7(10(13)14)6-11-8-4-2-3-5-9(8)12(15)16/h2-5,7,11H,6H2,1H3,(H,13,14)/t7-/m1/s1. The third-order valence-electron chi connectivity index (χ3n) is 2.12. The van der Waals surface area contributed by atoms with E-state index in [0.29, 0.717) is 5.69 Å². The van der Waals surface area contributed by atoms with Gasteiger partial charge in [0.1, 0.15) is 5.69 Å². The number of carboxylic acids is 1. The maximum atomic E-state index is 10.6. The highest BCUT2D eigenvalue weighted by atomic mass is 16.6. The molecule has 0 spiro atoms. The van der Waals surface area contributed by atoms with Crippen molar-refractivity contribution in [2.45, 2.75) is 6.92 Å². The van der Waals surface area contributed by atoms with Crippen molar-refractivity contribution in [3.05, 3.63) is 34.4 Å². The van der Waals surface area contributed by atoms with Crippen LogP contribution in [0.4, 0.5) is 11.4 Å². The predicted molar refractivity (Wildman–Crippen MR) is 58.4 cm³/mol. The number of anilines is 1. The Balaban J connectivity index is 2.74. The lowest BCUT2D eigenvalue weighted by atomic mass is 10.2. The van der Waals surface area contributed by atoms with Crippen LogP contribution in [0, 0.1) is 16.0 Å². The fourth-order valence-corrected chi connectivity index (χ4v) is 1.13. The van der Waals surface area contributed by atoms with E-state index < -0.39 is 16.8 Å². The topological polar surface area (TPSA) is 92.5 Å². The molecule has 1 atom stereocenters. The van der Waals surface area contributed by atoms with Crippen LogP contribution in [0.2, 0.25) is 0 Å². The highest BCUT2D eigenvalue weighted by Gasteiger charge is 2.15. The molecule has 0 unspecified atom stereocenters. The Bertz CT molecular complexity index is 406. The second kappa shape index (κ2) is 5.11. The molecule has 16 heavy (non-hydrogen) atoms. The zero-order valence-corrected chi connectivity index (χ0v) is 8.71. The van der Waals surface area contributed by atoms with E-state index in [1.165, 1.54) is 13.0 Å². The minimum absolute atomic E-state index is 0.0555. The van der Waals surface area contributed by atoms with Gasteiger partial charge < -0.3 is 10.4 Å². The molecule has 0 saturated heterocycles. The monoisotopic (exact) mass is 224 g/mol. The third kappa shape index (κ3) is 2.94. The Morgan fingerprint density at radius 2 is 2.19 bits per heavy atom. The number of nitro benzene ring substituents is 1. The van der Waals surface area contributed by atoms with Gasteiger partial charge in [-0.2, -0.15) is 0 Å². The van der Waals surface area contributed by atoms with E-state index >= 15 is 0 Å². The summed E-state index contributed by atoms with van der Waals surface area (Å²) in [6, 6.07) is 6.13. The normalized spacial score (nSPS) is 11.8. The first-order chi connectivity index (χ1) is 7.52. The van der Waals surface area contributed by atoms with Crippen LogP contribution in [0.15, 0.2) is 24.3 Å². The molecule has 0 aromatic heterocycles. The van der Waals surface area contributed by atoms with E-state index in [4.69, 9.17) is 5.11 Å². The maximum Gasteiger partial charge on any atom is 0.308 e. The number of nitrogens with zero attached hydrogens (tertiary/aromatic N) is 1. The molecule has 6 nitrogen and oxygen atoms in total. The summed E-state index contributed by atoms with van der Waals surface area (Å²) in [6.45, 7) is 1.68. The second-order valence-electron chi connectivity index (χ2n) is 3.39. The molecular formula is C10H12N2O4. The summed E-state index contributed by atoms with van der Waals surface area (Å²) >= 11 is 0. The van der Waals surface area contributed by atoms with E-state index in [2.05, 4.69) is 5.32 Å². The molecule has 1 rings (SSSR count). The first kappa shape index (κ1) is 12.0. The van der Waals surface area contributed by atoms with Gasteiger partial charge in [0.15, 0.2) is 0 Å². The van der Waals surface area contributed by atoms with Crippen LogP contribution in [0.3, 0.4) is 0 Å². The van der Waals surface area contributed by atoms with Gasteiger partial charge in [0, 0.05) is 12.6 Å². The molecule has 0 aliphatic rings. The predicted octanol–water partition coefficient (Wildman–Crippen LogP) is 1.73. The van der Waals surface area contributed by atoms with E-state index in [1.54, 1.807) is 18.2 Å². The molecule has 0 saturated carbocycles. The summed E-state index contributed by atoms with van der Waals surface area (Å²) in [5.74, 6) is -1.54. The first-order valence-electron chi connectivity index (χ1n) is 4.72. The smallest absolute Gasteiger partial charge is 0.308 e. The molecule has 1 aromatic rings. The number of nitrogens with one attached hydrogen (secondary N) is 1. The van der Waals surface area contributed by atoms with Crippen molar-refractivity contribution in [3.63, 3.8) is 0 Å². The Labute approximate surface area is 92.0 Å². The van der Waals surface area contributed by atoms with Crippen molar-refractivity contribution in [1.82, 2.24) is 0 Å². The van der Waals surface area contributed by atoms with Gasteiger partial charge in [-0.3, -0.25) is 14.9 Å². The van der Waals surface area contributed by atoms with E-state index in [0.717, 1.165) is 0 Å². The molecule has 0 radical (unpaired) electrons. The van der Waals surface area contributed by atoms with Crippen molar-refractivity contribution < 1.29 is 14.8 Å². The molecular weight excluding hydrogens is 212 g/mol. The fraction of sp³-hybridized carbons (Fsp3) is 0.300. The molecule has 0 heterocycles. The van der Waals surface area contributed by atoms with Crippen LogP contribution < -0.4 is 5.32 Å². The number of carboxylic acid groups (broad SMARTS) is 1. The zero-order chi connectivity index (χ0) is 12.1. The average Bonchev–Trinajstić information content (AvgIpc) is 2.25. The molecule has 86 valence electrons. The summed E-state index contributed by atoms with van der Waals surface area (Å²) in [5, 5.41) is 22.1. The third-order valence-corrected chi connectivity index (χ3v) is 2.12. The number of para-hydroxylation sites is 2. The summed E-state index contributed by atoms with van der Waals surface area (Å²) in [7, 11) is 0. The Morgan fingerprint density at radius 3 is 2.75 bits per heavy atom. The van der Waals surface area contributed by atoms with Gasteiger partial charge in [0.2, 0.25) is 0 Å². The van der Waals surface area contributed by atoms with Gasteiger partial charge >= 0.3 is 5.97 Å². The number of benzene rings is 1. The molecule has 0 aliphatic heterocycles. The molecule has 6 heteroatoms. The quantitative estimate of drug-likeness (QED) is 0.586. The SMILES string of the molecule is C[C@H](CNc1ccccc1[N+](=O)[O-])C(=O)O. The number of rotatable bonds is 5. The minimum Gasteiger partial charge on any atom is -0.481 e. The lowest BCUT2D eigenvalue weighted by Crippen LogP contribution is -2.19. The summed E-state index contributed by atoms with van der Waals surface area (Å²) in [4.78, 5) is 20.7. The maximum absolute atomic E-state index is 10.6. The number of nitro groups is 1. The Hall–Kier alpha value is -2.11. The van der Waals surface area contributed by atoms with Crippen molar-refractivity contribution >= 4 is 17.3 Å². The highest BCUT2D eigenvalue weighted by Crippen LogP contribution is 2.23. The van der Waals surface area contributed by atoms with Crippen molar-refractivity contribution in [2.24, 2.45) is 5.92 Å². The van der Waals surface area contributed by atoms with Gasteiger partial charge in [-0.1, -0.05) is 19.1 Å². The van der Waals surface area contributed by atoms with E-state index in [1.807, 2.05) is 0 Å². The lowest BCUT2D eigenvalue weighted by Gasteiger charge is -2.09. The molecule has 2 N–H and O–H groups in total. The molecule has 1 aromatic carbocycles. The van der Waals surface area contributed by atoms with Crippen molar-refractivity contribution in [2.75, 3.05) is 11.9 Å². The fourth-order valence-electron chi connectivity index (χ4n) is 1.13. The minimum atomic E-state index is -0.939. The van der Waals surface area contributed by atoms with Gasteiger partial charge in [0.25, 0.3) is 5.69 Å². The number of carbonyl (C=O) groups is 1. The number of hydrogen-bond donors (Lipinski definition) is 2. The molecule has 0 amide bonds. The highest BCUT2D eigenvalue weighted by molar-refractivity contribution is 5.71. The van der Waals surface area contributed by atoms with Crippen LogP contribution >= 0.6 is 0 Å². The summed E-state index contributed by atoms with van der Waals surface area (Å²) in [5.41, 5.74) is 0.278. The largest absolute Gasteiger partial charge is 0.481 e. The average molecular weight is 224 g/mol. The first-order valence-corrected chi connectivity index (χ1v) is 4.72. The van der Waals surface area contributed by atoms with Crippen LogP contribution in [0.5, 0.6) is 0 Å². The van der Waals surface area contributed by atoms with Crippen LogP contribution in [-0.4, -0.2) is 22.5 Å². The summed E-state index contributed by atoms with van der Waals surface area (Å²) in [6.07, 6.45) is 0. The van der Waals surface area contributed by atoms with Crippen molar-refractivity contribution in [3.8, 4) is 0 Å². The molecule has 0 aliphatic carbocycles. The lowest BCUT2D eigenvalue weighted by molar-refractivity contribution is -0.384. The number of hydrogen-bond acceptors (Lipinski definition) is 4. The number of aliphatic carboxylic acids is 1. The molecule has 0 bridgehead atoms. The van der Waals surface area contributed by atoms with Crippen LogP contribution in [-0.2, 0) is 4.79 Å². The van der Waals surface area contributed by atoms with E-state index in [-0.39, 0.29) is 12.2 Å². The van der Waals surface area contributed by atoms with Crippen molar-refractivity contribution in [1.29, 1.82) is 0 Å². The zero-order valence-electron chi connectivity index (χ0n) is 8.71. The second-order valence-corrected chi connectivity index (χ2v) is 3.39.